The van der Waals surface area contributed by atoms with Crippen molar-refractivity contribution in [2.24, 2.45) is 5.73 Å². The minimum Gasteiger partial charge on any atom is -0.506 e. The molecule has 74 valence electrons. The number of rotatable bonds is 2. The van der Waals surface area contributed by atoms with Gasteiger partial charge < -0.3 is 15.6 Å². The number of hydrogen-bond donors (Lipinski definition) is 2. The Morgan fingerprint density at radius 1 is 1.57 bits per heavy atom. The average Bonchev–Trinajstić information content (AvgIpc) is 2.01. The number of hydrogen-bond acceptors (Lipinski definition) is 5. The Balaban J connectivity index is 3.15. The van der Waals surface area contributed by atoms with Gasteiger partial charge in [0.15, 0.2) is 11.4 Å². The van der Waals surface area contributed by atoms with Crippen molar-refractivity contribution < 1.29 is 19.4 Å². The average molecular weight is 196 g/mol. The van der Waals surface area contributed by atoms with E-state index in [1.54, 1.807) is 0 Å². The van der Waals surface area contributed by atoms with Crippen molar-refractivity contribution in [3.63, 3.8) is 0 Å². The van der Waals surface area contributed by atoms with Gasteiger partial charge in [-0.25, -0.2) is 4.98 Å². The van der Waals surface area contributed by atoms with Crippen LogP contribution < -0.4 is 10.5 Å². The number of nitrogens with zero attached hydrogens (tertiary/aromatic N) is 1. The maximum absolute atomic E-state index is 10.8. The molecule has 14 heavy (non-hydrogen) atoms. The van der Waals surface area contributed by atoms with Gasteiger partial charge in [0, 0.05) is 13.0 Å². The summed E-state index contributed by atoms with van der Waals surface area (Å²) in [7, 11) is 0. The normalized spacial score (nSPS) is 9.50. The third-order valence-electron chi connectivity index (χ3n) is 1.33. The van der Waals surface area contributed by atoms with Crippen molar-refractivity contribution in [2.45, 2.75) is 6.92 Å². The predicted molar refractivity (Wildman–Crippen MR) is 45.7 cm³/mol. The summed E-state index contributed by atoms with van der Waals surface area (Å²) in [5.41, 5.74) is 4.77. The number of amides is 1. The monoisotopic (exact) mass is 196 g/mol. The Morgan fingerprint density at radius 3 is 2.71 bits per heavy atom. The van der Waals surface area contributed by atoms with Gasteiger partial charge in [-0.1, -0.05) is 0 Å². The van der Waals surface area contributed by atoms with Crippen molar-refractivity contribution in [3.05, 3.63) is 18.0 Å². The maximum atomic E-state index is 10.8. The van der Waals surface area contributed by atoms with Gasteiger partial charge in [-0.3, -0.25) is 9.59 Å². The Morgan fingerprint density at radius 2 is 2.21 bits per heavy atom. The van der Waals surface area contributed by atoms with E-state index in [0.717, 1.165) is 19.2 Å². The van der Waals surface area contributed by atoms with Crippen molar-refractivity contribution in [2.75, 3.05) is 0 Å². The summed E-state index contributed by atoms with van der Waals surface area (Å²) in [5, 5.41) is 9.03. The molecule has 0 atom stereocenters. The summed E-state index contributed by atoms with van der Waals surface area (Å²) in [4.78, 5) is 24.9. The van der Waals surface area contributed by atoms with Crippen LogP contribution in [-0.2, 0) is 4.79 Å². The first-order valence-electron chi connectivity index (χ1n) is 3.68. The molecule has 0 aliphatic heterocycles. The van der Waals surface area contributed by atoms with Gasteiger partial charge >= 0.3 is 5.97 Å². The van der Waals surface area contributed by atoms with Crippen LogP contribution in [0.3, 0.4) is 0 Å². The lowest BCUT2D eigenvalue weighted by Crippen LogP contribution is -2.16. The Bertz CT molecular complexity index is 389. The van der Waals surface area contributed by atoms with Crippen molar-refractivity contribution in [3.8, 4) is 11.5 Å². The van der Waals surface area contributed by atoms with Crippen LogP contribution in [0.1, 0.15) is 17.4 Å². The molecule has 1 rings (SSSR count). The quantitative estimate of drug-likeness (QED) is 0.638. The molecule has 0 radical (unpaired) electrons. The number of aromatic nitrogens is 1. The van der Waals surface area contributed by atoms with Crippen LogP contribution in [-0.4, -0.2) is 22.0 Å². The first-order chi connectivity index (χ1) is 6.50. The zero-order chi connectivity index (χ0) is 10.7. The number of aromatic hydroxyl groups is 1. The van der Waals surface area contributed by atoms with Crippen LogP contribution in [0, 0.1) is 0 Å². The number of carbonyl (C=O) groups excluding carboxylic acids is 2. The number of esters is 1. The second kappa shape index (κ2) is 3.73. The highest BCUT2D eigenvalue weighted by atomic mass is 16.5. The molecule has 1 heterocycles. The zero-order valence-electron chi connectivity index (χ0n) is 7.35. The fraction of sp³-hybridized carbons (Fsp3) is 0.125. The SMILES string of the molecule is CC(=O)Oc1cc(O)cnc1C(N)=O. The van der Waals surface area contributed by atoms with Gasteiger partial charge in [-0.05, 0) is 0 Å². The van der Waals surface area contributed by atoms with Gasteiger partial charge in [0.25, 0.3) is 5.91 Å². The molecule has 0 aromatic carbocycles. The van der Waals surface area contributed by atoms with Crippen LogP contribution in [0.5, 0.6) is 11.5 Å². The molecule has 1 aromatic rings. The lowest BCUT2D eigenvalue weighted by atomic mass is 10.3. The van der Waals surface area contributed by atoms with Crippen LogP contribution >= 0.6 is 0 Å². The van der Waals surface area contributed by atoms with E-state index in [1.165, 1.54) is 0 Å². The molecule has 0 saturated carbocycles. The third-order valence-corrected chi connectivity index (χ3v) is 1.33. The molecule has 0 aliphatic carbocycles. The predicted octanol–water partition coefficient (Wildman–Crippen LogP) is -0.189. The first kappa shape index (κ1) is 9.97. The van der Waals surface area contributed by atoms with Gasteiger partial charge in [0.1, 0.15) is 5.75 Å². The molecule has 3 N–H and O–H groups in total. The topological polar surface area (TPSA) is 103 Å². The minimum atomic E-state index is -0.832. The summed E-state index contributed by atoms with van der Waals surface area (Å²) >= 11 is 0. The van der Waals surface area contributed by atoms with E-state index in [-0.39, 0.29) is 17.2 Å². The number of carbonyl (C=O) groups is 2. The Kier molecular flexibility index (Phi) is 2.66. The molecule has 6 nitrogen and oxygen atoms in total. The van der Waals surface area contributed by atoms with Crippen LogP contribution in [0.25, 0.3) is 0 Å². The standard InChI is InChI=1S/C8H8N2O4/c1-4(11)14-6-2-5(12)3-10-7(6)8(9)13/h2-3,12H,1H3,(H2,9,13). The summed E-state index contributed by atoms with van der Waals surface area (Å²) in [6, 6.07) is 1.09. The molecule has 6 heteroatoms. The molecule has 0 unspecified atom stereocenters. The van der Waals surface area contributed by atoms with E-state index in [1.807, 2.05) is 0 Å². The number of primary amides is 1. The number of nitrogens with two attached hydrogens (primary N) is 1. The van der Waals surface area contributed by atoms with E-state index in [2.05, 4.69) is 9.72 Å². The van der Waals surface area contributed by atoms with Gasteiger partial charge in [-0.2, -0.15) is 0 Å². The van der Waals surface area contributed by atoms with Crippen LogP contribution in [0.4, 0.5) is 0 Å². The molecular formula is C8H8N2O4. The smallest absolute Gasteiger partial charge is 0.308 e. The number of pyridine rings is 1. The van der Waals surface area contributed by atoms with Gasteiger partial charge in [0.05, 0.1) is 6.20 Å². The fourth-order valence-corrected chi connectivity index (χ4v) is 0.852. The van der Waals surface area contributed by atoms with E-state index in [9.17, 15) is 9.59 Å². The highest BCUT2D eigenvalue weighted by molar-refractivity contribution is 5.94. The van der Waals surface area contributed by atoms with E-state index < -0.39 is 11.9 Å². The fourth-order valence-electron chi connectivity index (χ4n) is 0.852. The Labute approximate surface area is 79.3 Å². The first-order valence-corrected chi connectivity index (χ1v) is 3.68. The molecule has 1 aromatic heterocycles. The van der Waals surface area contributed by atoms with E-state index in [0.29, 0.717) is 0 Å². The second-order valence-corrected chi connectivity index (χ2v) is 2.50. The summed E-state index contributed by atoms with van der Waals surface area (Å²) in [5.74, 6) is -1.82. The highest BCUT2D eigenvalue weighted by Gasteiger charge is 2.13. The molecule has 0 aliphatic rings. The van der Waals surface area contributed by atoms with Crippen LogP contribution in [0.2, 0.25) is 0 Å². The van der Waals surface area contributed by atoms with E-state index >= 15 is 0 Å². The molecule has 0 spiro atoms. The van der Waals surface area contributed by atoms with Crippen molar-refractivity contribution >= 4 is 11.9 Å². The molecule has 1 amide bonds. The maximum Gasteiger partial charge on any atom is 0.308 e. The minimum absolute atomic E-state index is 0.148. The third kappa shape index (κ3) is 2.19. The number of ether oxygens (including phenoxy) is 1. The van der Waals surface area contributed by atoms with Crippen molar-refractivity contribution in [1.29, 1.82) is 0 Å². The van der Waals surface area contributed by atoms with Gasteiger partial charge in [-0.15, -0.1) is 0 Å². The van der Waals surface area contributed by atoms with Gasteiger partial charge in [0.2, 0.25) is 0 Å². The largest absolute Gasteiger partial charge is 0.506 e. The zero-order valence-corrected chi connectivity index (χ0v) is 7.35. The molecular weight excluding hydrogens is 188 g/mol. The van der Waals surface area contributed by atoms with Crippen LogP contribution in [0.15, 0.2) is 12.3 Å². The molecule has 0 saturated heterocycles. The second-order valence-electron chi connectivity index (χ2n) is 2.50. The molecule has 0 bridgehead atoms. The summed E-state index contributed by atoms with van der Waals surface area (Å²) in [6.07, 6.45) is 1.03. The lowest BCUT2D eigenvalue weighted by Gasteiger charge is -2.04. The molecule has 0 fully saturated rings. The highest BCUT2D eigenvalue weighted by Crippen LogP contribution is 2.21. The Hall–Kier alpha value is -2.11. The van der Waals surface area contributed by atoms with E-state index in [4.69, 9.17) is 10.8 Å². The summed E-state index contributed by atoms with van der Waals surface area (Å²) < 4.78 is 4.63. The lowest BCUT2D eigenvalue weighted by molar-refractivity contribution is -0.131. The summed E-state index contributed by atoms with van der Waals surface area (Å²) in [6.45, 7) is 1.16. The van der Waals surface area contributed by atoms with Crippen molar-refractivity contribution in [1.82, 2.24) is 4.98 Å².